The van der Waals surface area contributed by atoms with Crippen LogP contribution in [0.2, 0.25) is 0 Å². The molecular weight excluding hydrogens is 583 g/mol. The van der Waals surface area contributed by atoms with Crippen LogP contribution in [0.15, 0.2) is 91.5 Å². The van der Waals surface area contributed by atoms with E-state index < -0.39 is 63.7 Å². The summed E-state index contributed by atoms with van der Waals surface area (Å²) in [7, 11) is 0. The Balaban J connectivity index is 1.43. The molecule has 0 bridgehead atoms. The molecule has 43 heavy (non-hydrogen) atoms. The van der Waals surface area contributed by atoms with Crippen LogP contribution in [-0.2, 0) is 6.11 Å². The van der Waals surface area contributed by atoms with Crippen LogP contribution in [0.25, 0.3) is 39.5 Å². The highest BCUT2D eigenvalue weighted by molar-refractivity contribution is 5.74. The molecule has 10 heteroatoms. The molecule has 0 heterocycles. The van der Waals surface area contributed by atoms with Gasteiger partial charge in [0.2, 0.25) is 0 Å². The summed E-state index contributed by atoms with van der Waals surface area (Å²) in [6, 6.07) is 15.8. The van der Waals surface area contributed by atoms with E-state index in [-0.39, 0.29) is 28.8 Å². The molecular formula is C33H17F9O. The van der Waals surface area contributed by atoms with E-state index in [9.17, 15) is 30.7 Å². The van der Waals surface area contributed by atoms with E-state index >= 15 is 8.78 Å². The Labute approximate surface area is 239 Å². The van der Waals surface area contributed by atoms with Gasteiger partial charge in [-0.25, -0.2) is 30.7 Å². The Morgan fingerprint density at radius 2 is 0.977 bits per heavy atom. The van der Waals surface area contributed by atoms with E-state index in [4.69, 9.17) is 0 Å². The van der Waals surface area contributed by atoms with E-state index in [1.165, 1.54) is 18.2 Å². The van der Waals surface area contributed by atoms with E-state index in [0.717, 1.165) is 23.3 Å². The van der Waals surface area contributed by atoms with E-state index in [2.05, 4.69) is 11.3 Å². The predicted molar refractivity (Wildman–Crippen MR) is 144 cm³/mol. The fraction of sp³-hybridized carbons (Fsp3) is 0.0303. The lowest BCUT2D eigenvalue weighted by molar-refractivity contribution is -0.189. The van der Waals surface area contributed by atoms with Crippen molar-refractivity contribution in [2.24, 2.45) is 0 Å². The molecule has 0 unspecified atom stereocenters. The van der Waals surface area contributed by atoms with Gasteiger partial charge in [-0.3, -0.25) is 0 Å². The Hall–Kier alpha value is -4.99. The predicted octanol–water partition coefficient (Wildman–Crippen LogP) is 10.4. The maximum atomic E-state index is 15.1. The summed E-state index contributed by atoms with van der Waals surface area (Å²) >= 11 is 0. The van der Waals surface area contributed by atoms with Gasteiger partial charge in [0.1, 0.15) is 34.6 Å². The monoisotopic (exact) mass is 600 g/mol. The fourth-order valence-corrected chi connectivity index (χ4v) is 4.45. The quantitative estimate of drug-likeness (QED) is 0.133. The number of rotatable bonds is 7. The zero-order valence-corrected chi connectivity index (χ0v) is 21.7. The van der Waals surface area contributed by atoms with Crippen LogP contribution in [0, 0.1) is 40.7 Å². The number of hydrogen-bond donors (Lipinski definition) is 0. The second-order valence-electron chi connectivity index (χ2n) is 9.35. The molecule has 5 aromatic carbocycles. The average molecular weight is 600 g/mol. The minimum Gasteiger partial charge on any atom is -0.429 e. The number of halogens is 9. The van der Waals surface area contributed by atoms with E-state index in [1.807, 2.05) is 12.1 Å². The van der Waals surface area contributed by atoms with E-state index in [0.29, 0.717) is 17.7 Å². The first-order valence-corrected chi connectivity index (χ1v) is 12.4. The van der Waals surface area contributed by atoms with Crippen LogP contribution in [-0.4, -0.2) is 0 Å². The second kappa shape index (κ2) is 11.4. The highest BCUT2D eigenvalue weighted by Crippen LogP contribution is 2.39. The highest BCUT2D eigenvalue weighted by Gasteiger charge is 2.41. The molecule has 0 aromatic heterocycles. The van der Waals surface area contributed by atoms with Gasteiger partial charge in [-0.15, -0.1) is 0 Å². The molecule has 0 atom stereocenters. The first-order chi connectivity index (χ1) is 20.4. The highest BCUT2D eigenvalue weighted by atomic mass is 19.3. The van der Waals surface area contributed by atoms with Gasteiger partial charge in [-0.2, -0.15) is 8.78 Å². The van der Waals surface area contributed by atoms with Crippen molar-refractivity contribution in [3.63, 3.8) is 0 Å². The van der Waals surface area contributed by atoms with Crippen LogP contribution in [0.1, 0.15) is 11.1 Å². The Morgan fingerprint density at radius 3 is 1.51 bits per heavy atom. The van der Waals surface area contributed by atoms with Crippen molar-refractivity contribution >= 4 is 6.08 Å². The van der Waals surface area contributed by atoms with Gasteiger partial charge >= 0.3 is 6.11 Å². The Morgan fingerprint density at radius 1 is 0.512 bits per heavy atom. The molecule has 0 fully saturated rings. The summed E-state index contributed by atoms with van der Waals surface area (Å²) in [5, 5.41) is 0. The summed E-state index contributed by atoms with van der Waals surface area (Å²) in [6.45, 7) is 3.67. The van der Waals surface area contributed by atoms with Crippen LogP contribution in [0.5, 0.6) is 5.75 Å². The third kappa shape index (κ3) is 5.86. The van der Waals surface area contributed by atoms with Gasteiger partial charge < -0.3 is 4.74 Å². The molecule has 0 amide bonds. The minimum absolute atomic E-state index is 0.0371. The van der Waals surface area contributed by atoms with Crippen molar-refractivity contribution in [2.75, 3.05) is 0 Å². The van der Waals surface area contributed by atoms with Gasteiger partial charge in [-0.1, -0.05) is 61.2 Å². The number of hydrogen-bond acceptors (Lipinski definition) is 1. The summed E-state index contributed by atoms with van der Waals surface area (Å²) < 4.78 is 133. The maximum Gasteiger partial charge on any atom is 0.432 e. The Bertz CT molecular complexity index is 1820. The zero-order chi connectivity index (χ0) is 31.1. The molecule has 0 saturated carbocycles. The molecule has 1 nitrogen and oxygen atoms in total. The Kier molecular flexibility index (Phi) is 7.79. The van der Waals surface area contributed by atoms with Crippen molar-refractivity contribution in [1.82, 2.24) is 0 Å². The first kappa shape index (κ1) is 29.5. The maximum absolute atomic E-state index is 15.1. The molecule has 0 N–H and O–H groups in total. The van der Waals surface area contributed by atoms with Crippen molar-refractivity contribution in [3.05, 3.63) is 143 Å². The summed E-state index contributed by atoms with van der Waals surface area (Å²) in [5.41, 5.74) is -0.478. The van der Waals surface area contributed by atoms with E-state index in [1.54, 1.807) is 24.3 Å². The fourth-order valence-electron chi connectivity index (χ4n) is 4.45. The largest absolute Gasteiger partial charge is 0.432 e. The summed E-state index contributed by atoms with van der Waals surface area (Å²) in [6.07, 6.45) is -3.14. The number of ether oxygens (including phenoxy) is 1. The van der Waals surface area contributed by atoms with Crippen molar-refractivity contribution in [1.29, 1.82) is 0 Å². The third-order valence-electron chi connectivity index (χ3n) is 6.58. The van der Waals surface area contributed by atoms with Crippen molar-refractivity contribution in [2.45, 2.75) is 6.11 Å². The lowest BCUT2D eigenvalue weighted by Gasteiger charge is -2.20. The molecule has 0 spiro atoms. The van der Waals surface area contributed by atoms with Gasteiger partial charge in [0, 0.05) is 23.3 Å². The molecule has 0 aliphatic rings. The zero-order valence-electron chi connectivity index (χ0n) is 21.7. The topological polar surface area (TPSA) is 9.23 Å². The van der Waals surface area contributed by atoms with Gasteiger partial charge in [-0.05, 0) is 52.1 Å². The first-order valence-electron chi connectivity index (χ1n) is 12.4. The van der Waals surface area contributed by atoms with Crippen molar-refractivity contribution < 1.29 is 44.3 Å². The minimum atomic E-state index is -4.80. The average Bonchev–Trinajstić information content (AvgIpc) is 2.95. The number of alkyl halides is 2. The SMILES string of the molecule is C=Cc1ccc(-c2ccc(-c3ccc(-c4cc(F)c(C(F)(F)Oc5cc(F)c(F)c(F)c5)c(F)c4)c(F)c3)c(F)c2)cc1. The number of benzene rings is 5. The van der Waals surface area contributed by atoms with Crippen LogP contribution in [0.3, 0.4) is 0 Å². The van der Waals surface area contributed by atoms with Gasteiger partial charge in [0.25, 0.3) is 0 Å². The molecule has 0 aliphatic heterocycles. The second-order valence-corrected chi connectivity index (χ2v) is 9.35. The van der Waals surface area contributed by atoms with Crippen LogP contribution in [0.4, 0.5) is 39.5 Å². The normalized spacial score (nSPS) is 11.5. The molecule has 0 aliphatic carbocycles. The van der Waals surface area contributed by atoms with Crippen LogP contribution < -0.4 is 4.74 Å². The molecule has 5 aromatic rings. The van der Waals surface area contributed by atoms with Crippen molar-refractivity contribution in [3.8, 4) is 39.1 Å². The summed E-state index contributed by atoms with van der Waals surface area (Å²) in [5.74, 6) is -12.4. The molecule has 0 saturated heterocycles. The van der Waals surface area contributed by atoms with Gasteiger partial charge in [0.15, 0.2) is 17.5 Å². The standard InChI is InChI=1S/C33H17F9O/c1-2-17-3-5-18(6-4-17)19-7-9-23(25(34)11-19)20-8-10-24(26(35)12-20)21-13-27(36)31(28(37)14-21)33(41,42)43-22-15-29(38)32(40)30(39)16-22/h2-16H,1H2. The molecule has 0 radical (unpaired) electrons. The van der Waals surface area contributed by atoms with Crippen LogP contribution >= 0.6 is 0 Å². The lowest BCUT2D eigenvalue weighted by Crippen LogP contribution is -2.25. The molecule has 5 rings (SSSR count). The van der Waals surface area contributed by atoms with Gasteiger partial charge in [0.05, 0.1) is 0 Å². The molecule has 218 valence electrons. The third-order valence-corrected chi connectivity index (χ3v) is 6.58. The summed E-state index contributed by atoms with van der Waals surface area (Å²) in [4.78, 5) is 0. The lowest BCUT2D eigenvalue weighted by atomic mass is 9.96. The smallest absolute Gasteiger partial charge is 0.429 e.